The number of benzene rings is 2. The number of hydrogen-bond acceptors (Lipinski definition) is 3. The van der Waals surface area contributed by atoms with Crippen molar-refractivity contribution in [3.63, 3.8) is 0 Å². The van der Waals surface area contributed by atoms with Crippen molar-refractivity contribution in [2.75, 3.05) is 18.4 Å². The van der Waals surface area contributed by atoms with Crippen LogP contribution in [0.4, 0.5) is 5.69 Å². The number of anilines is 1. The molecule has 2 aromatic carbocycles. The summed E-state index contributed by atoms with van der Waals surface area (Å²) < 4.78 is 5.63. The number of para-hydroxylation sites is 1. The van der Waals surface area contributed by atoms with Crippen LogP contribution >= 0.6 is 11.6 Å². The SMILES string of the molecule is O=C(NCCCNc1ccccc1)c1ccc(-c2ccccc2Cl)o1. The van der Waals surface area contributed by atoms with Crippen LogP contribution in [0.15, 0.2) is 71.1 Å². The van der Waals surface area contributed by atoms with Gasteiger partial charge in [0.1, 0.15) is 5.76 Å². The molecule has 5 heteroatoms. The lowest BCUT2D eigenvalue weighted by molar-refractivity contribution is 0.0926. The van der Waals surface area contributed by atoms with Gasteiger partial charge in [-0.1, -0.05) is 41.9 Å². The highest BCUT2D eigenvalue weighted by Gasteiger charge is 2.13. The second-order valence-electron chi connectivity index (χ2n) is 5.55. The van der Waals surface area contributed by atoms with Crippen molar-refractivity contribution in [3.8, 4) is 11.3 Å². The molecular weight excluding hydrogens is 336 g/mol. The van der Waals surface area contributed by atoms with Gasteiger partial charge in [0.25, 0.3) is 5.91 Å². The summed E-state index contributed by atoms with van der Waals surface area (Å²) in [5.74, 6) is 0.644. The topological polar surface area (TPSA) is 54.3 Å². The lowest BCUT2D eigenvalue weighted by Crippen LogP contribution is -2.25. The highest BCUT2D eigenvalue weighted by Crippen LogP contribution is 2.28. The third kappa shape index (κ3) is 4.64. The standard InChI is InChI=1S/C20H19ClN2O2/c21-17-10-5-4-9-16(17)18-11-12-19(25-18)20(24)23-14-6-13-22-15-7-2-1-3-8-15/h1-5,7-12,22H,6,13-14H2,(H,23,24). The zero-order valence-corrected chi connectivity index (χ0v) is 14.4. The van der Waals surface area contributed by atoms with E-state index in [1.807, 2.05) is 48.5 Å². The van der Waals surface area contributed by atoms with Gasteiger partial charge in [0.05, 0.1) is 5.02 Å². The molecule has 3 rings (SSSR count). The summed E-state index contributed by atoms with van der Waals surface area (Å²) in [5.41, 5.74) is 1.85. The molecule has 3 aromatic rings. The number of furan rings is 1. The largest absolute Gasteiger partial charge is 0.451 e. The first kappa shape index (κ1) is 17.1. The minimum Gasteiger partial charge on any atom is -0.451 e. The van der Waals surface area contributed by atoms with Crippen molar-refractivity contribution in [2.45, 2.75) is 6.42 Å². The molecular formula is C20H19ClN2O2. The number of amides is 1. The molecule has 0 aliphatic heterocycles. The number of carbonyl (C=O) groups is 1. The smallest absolute Gasteiger partial charge is 0.287 e. The van der Waals surface area contributed by atoms with E-state index in [2.05, 4.69) is 10.6 Å². The summed E-state index contributed by atoms with van der Waals surface area (Å²) in [7, 11) is 0. The van der Waals surface area contributed by atoms with Gasteiger partial charge in [-0.2, -0.15) is 0 Å². The maximum absolute atomic E-state index is 12.1. The maximum Gasteiger partial charge on any atom is 0.287 e. The highest BCUT2D eigenvalue weighted by atomic mass is 35.5. The minimum absolute atomic E-state index is 0.224. The van der Waals surface area contributed by atoms with Crippen LogP contribution in [0.3, 0.4) is 0 Å². The van der Waals surface area contributed by atoms with Gasteiger partial charge in [0.2, 0.25) is 0 Å². The molecule has 0 atom stereocenters. The van der Waals surface area contributed by atoms with Gasteiger partial charge < -0.3 is 15.1 Å². The molecule has 0 bridgehead atoms. The molecule has 2 N–H and O–H groups in total. The van der Waals surface area contributed by atoms with Crippen LogP contribution in [-0.2, 0) is 0 Å². The first-order chi connectivity index (χ1) is 12.2. The Labute approximate surface area is 151 Å². The molecule has 0 saturated carbocycles. The van der Waals surface area contributed by atoms with Gasteiger partial charge in [-0.05, 0) is 42.8 Å². The summed E-state index contributed by atoms with van der Waals surface area (Å²) >= 11 is 6.15. The Morgan fingerprint density at radius 1 is 0.920 bits per heavy atom. The third-order valence-electron chi connectivity index (χ3n) is 3.71. The fourth-order valence-electron chi connectivity index (χ4n) is 2.43. The highest BCUT2D eigenvalue weighted by molar-refractivity contribution is 6.33. The predicted octanol–water partition coefficient (Wildman–Crippen LogP) is 4.83. The Hall–Kier alpha value is -2.72. The first-order valence-electron chi connectivity index (χ1n) is 8.16. The molecule has 1 aromatic heterocycles. The molecule has 0 unspecified atom stereocenters. The predicted molar refractivity (Wildman–Crippen MR) is 101 cm³/mol. The van der Waals surface area contributed by atoms with Gasteiger partial charge in [0, 0.05) is 24.3 Å². The molecule has 0 aliphatic carbocycles. The van der Waals surface area contributed by atoms with Crippen molar-refractivity contribution in [2.24, 2.45) is 0 Å². The minimum atomic E-state index is -0.224. The lowest BCUT2D eigenvalue weighted by atomic mass is 10.2. The molecule has 1 amide bonds. The van der Waals surface area contributed by atoms with E-state index in [1.54, 1.807) is 18.2 Å². The molecule has 0 spiro atoms. The van der Waals surface area contributed by atoms with E-state index < -0.39 is 0 Å². The van der Waals surface area contributed by atoms with Crippen molar-refractivity contribution >= 4 is 23.2 Å². The van der Waals surface area contributed by atoms with E-state index in [4.69, 9.17) is 16.0 Å². The van der Waals surface area contributed by atoms with E-state index in [-0.39, 0.29) is 11.7 Å². The van der Waals surface area contributed by atoms with Gasteiger partial charge in [-0.3, -0.25) is 4.79 Å². The van der Waals surface area contributed by atoms with E-state index in [1.165, 1.54) is 0 Å². The van der Waals surface area contributed by atoms with E-state index >= 15 is 0 Å². The van der Waals surface area contributed by atoms with E-state index in [9.17, 15) is 4.79 Å². The fourth-order valence-corrected chi connectivity index (χ4v) is 2.66. The Kier molecular flexibility index (Phi) is 5.75. The van der Waals surface area contributed by atoms with Crippen molar-refractivity contribution in [1.29, 1.82) is 0 Å². The van der Waals surface area contributed by atoms with Crippen LogP contribution in [-0.4, -0.2) is 19.0 Å². The molecule has 0 aliphatic rings. The zero-order chi connectivity index (χ0) is 17.5. The average molecular weight is 355 g/mol. The van der Waals surface area contributed by atoms with Crippen LogP contribution in [0.2, 0.25) is 5.02 Å². The molecule has 0 saturated heterocycles. The normalized spacial score (nSPS) is 10.4. The Morgan fingerprint density at radius 3 is 2.48 bits per heavy atom. The first-order valence-corrected chi connectivity index (χ1v) is 8.54. The summed E-state index contributed by atoms with van der Waals surface area (Å²) in [4.78, 5) is 12.1. The van der Waals surface area contributed by atoms with Crippen LogP contribution in [0.5, 0.6) is 0 Å². The summed E-state index contributed by atoms with van der Waals surface area (Å²) in [6.07, 6.45) is 0.818. The second kappa shape index (κ2) is 8.40. The van der Waals surface area contributed by atoms with Crippen LogP contribution < -0.4 is 10.6 Å². The molecule has 25 heavy (non-hydrogen) atoms. The Morgan fingerprint density at radius 2 is 1.68 bits per heavy atom. The fraction of sp³-hybridized carbons (Fsp3) is 0.150. The summed E-state index contributed by atoms with van der Waals surface area (Å²) in [5, 5.41) is 6.75. The van der Waals surface area contributed by atoms with E-state index in [0.717, 1.165) is 24.2 Å². The van der Waals surface area contributed by atoms with Gasteiger partial charge >= 0.3 is 0 Å². The summed E-state index contributed by atoms with van der Waals surface area (Å²) in [6, 6.07) is 20.8. The number of halogens is 1. The molecule has 1 heterocycles. The molecule has 128 valence electrons. The van der Waals surface area contributed by atoms with Crippen molar-refractivity contribution < 1.29 is 9.21 Å². The maximum atomic E-state index is 12.1. The van der Waals surface area contributed by atoms with Crippen LogP contribution in [0.25, 0.3) is 11.3 Å². The summed E-state index contributed by atoms with van der Waals surface area (Å²) in [6.45, 7) is 1.36. The number of rotatable bonds is 7. The average Bonchev–Trinajstić information content (AvgIpc) is 3.12. The lowest BCUT2D eigenvalue weighted by Gasteiger charge is -2.06. The molecule has 0 radical (unpaired) electrons. The van der Waals surface area contributed by atoms with Gasteiger partial charge in [0.15, 0.2) is 5.76 Å². The molecule has 0 fully saturated rings. The van der Waals surface area contributed by atoms with Crippen LogP contribution in [0.1, 0.15) is 17.0 Å². The monoisotopic (exact) mass is 354 g/mol. The van der Waals surface area contributed by atoms with Gasteiger partial charge in [-0.15, -0.1) is 0 Å². The van der Waals surface area contributed by atoms with Crippen LogP contribution in [0, 0.1) is 0 Å². The van der Waals surface area contributed by atoms with Crippen molar-refractivity contribution in [3.05, 3.63) is 77.5 Å². The third-order valence-corrected chi connectivity index (χ3v) is 4.04. The zero-order valence-electron chi connectivity index (χ0n) is 13.7. The number of hydrogen-bond donors (Lipinski definition) is 2. The van der Waals surface area contributed by atoms with Crippen molar-refractivity contribution in [1.82, 2.24) is 5.32 Å². The second-order valence-corrected chi connectivity index (χ2v) is 5.95. The number of carbonyl (C=O) groups excluding carboxylic acids is 1. The number of nitrogens with one attached hydrogen (secondary N) is 2. The quantitative estimate of drug-likeness (QED) is 0.597. The Bertz CT molecular complexity index is 830. The molecule has 4 nitrogen and oxygen atoms in total. The van der Waals surface area contributed by atoms with Gasteiger partial charge in [-0.25, -0.2) is 0 Å². The Balaban J connectivity index is 1.47. The van der Waals surface area contributed by atoms with E-state index in [0.29, 0.717) is 17.3 Å².